The molecule has 2 aromatic heterocycles. The Morgan fingerprint density at radius 1 is 1.22 bits per heavy atom. The maximum Gasteiger partial charge on any atom is 0.152 e. The predicted molar refractivity (Wildman–Crippen MR) is 66.9 cm³/mol. The third kappa shape index (κ3) is 1.59. The van der Waals surface area contributed by atoms with Crippen LogP contribution in [0.1, 0.15) is 10.4 Å². The number of hydrogen-bond donors (Lipinski definition) is 1. The zero-order valence-electron chi connectivity index (χ0n) is 9.35. The van der Waals surface area contributed by atoms with Gasteiger partial charge in [-0.15, -0.1) is 0 Å². The normalized spacial score (nSPS) is 10.7. The average molecular weight is 240 g/mol. The lowest BCUT2D eigenvalue weighted by molar-refractivity contribution is 0.112. The molecule has 0 aliphatic carbocycles. The van der Waals surface area contributed by atoms with Crippen molar-refractivity contribution >= 4 is 17.2 Å². The number of carbonyl (C=O) groups excluding carboxylic acids is 1. The molecule has 3 rings (SSSR count). The maximum absolute atomic E-state index is 13.2. The van der Waals surface area contributed by atoms with Gasteiger partial charge in [0.25, 0.3) is 0 Å². The van der Waals surface area contributed by atoms with Crippen molar-refractivity contribution < 1.29 is 9.18 Å². The van der Waals surface area contributed by atoms with E-state index in [0.717, 1.165) is 11.8 Å². The van der Waals surface area contributed by atoms with Gasteiger partial charge in [-0.25, -0.2) is 4.39 Å². The monoisotopic (exact) mass is 240 g/mol. The summed E-state index contributed by atoms with van der Waals surface area (Å²) >= 11 is 0. The Bertz CT molecular complexity index is 719. The van der Waals surface area contributed by atoms with Crippen LogP contribution in [-0.2, 0) is 0 Å². The molecule has 3 aromatic rings. The summed E-state index contributed by atoms with van der Waals surface area (Å²) in [7, 11) is 0. The molecule has 2 heterocycles. The number of aromatic nitrogens is 2. The molecule has 0 radical (unpaired) electrons. The molecule has 0 unspecified atom stereocenters. The van der Waals surface area contributed by atoms with Crippen molar-refractivity contribution in [2.75, 3.05) is 0 Å². The first-order chi connectivity index (χ1) is 8.79. The number of nitrogens with zero attached hydrogens (tertiary/aromatic N) is 1. The molecule has 0 bridgehead atoms. The topological polar surface area (TPSA) is 45.8 Å². The summed E-state index contributed by atoms with van der Waals surface area (Å²) in [6.07, 6.45) is 2.37. The first-order valence-corrected chi connectivity index (χ1v) is 5.47. The number of aromatic amines is 1. The van der Waals surface area contributed by atoms with Gasteiger partial charge in [0.15, 0.2) is 6.29 Å². The summed E-state index contributed by atoms with van der Waals surface area (Å²) in [6.45, 7) is 0. The number of halogens is 1. The van der Waals surface area contributed by atoms with Gasteiger partial charge in [-0.2, -0.15) is 0 Å². The molecule has 4 heteroatoms. The van der Waals surface area contributed by atoms with Gasteiger partial charge < -0.3 is 4.98 Å². The van der Waals surface area contributed by atoms with Crippen LogP contribution in [0.3, 0.4) is 0 Å². The van der Waals surface area contributed by atoms with Gasteiger partial charge in [0.2, 0.25) is 0 Å². The largest absolute Gasteiger partial charge is 0.353 e. The molecular formula is C14H9FN2O. The zero-order valence-corrected chi connectivity index (χ0v) is 9.35. The maximum atomic E-state index is 13.2. The van der Waals surface area contributed by atoms with E-state index in [4.69, 9.17) is 0 Å². The summed E-state index contributed by atoms with van der Waals surface area (Å²) in [5.74, 6) is -0.364. The van der Waals surface area contributed by atoms with Gasteiger partial charge in [0.05, 0.1) is 11.4 Å². The third-order valence-electron chi connectivity index (χ3n) is 2.84. The minimum absolute atomic E-state index is 0.364. The summed E-state index contributed by atoms with van der Waals surface area (Å²) in [6, 6.07) is 9.76. The molecule has 0 spiro atoms. The summed E-state index contributed by atoms with van der Waals surface area (Å²) in [4.78, 5) is 18.5. The Balaban J connectivity index is 2.33. The van der Waals surface area contributed by atoms with Gasteiger partial charge in [0, 0.05) is 22.7 Å². The number of fused-ring (bicyclic) bond motifs is 1. The predicted octanol–water partition coefficient (Wildman–Crippen LogP) is 3.18. The van der Waals surface area contributed by atoms with Crippen molar-refractivity contribution in [3.05, 3.63) is 54.0 Å². The molecule has 0 atom stereocenters. The average Bonchev–Trinajstić information content (AvgIpc) is 2.77. The number of pyridine rings is 1. The van der Waals surface area contributed by atoms with Crippen LogP contribution in [-0.4, -0.2) is 16.3 Å². The summed E-state index contributed by atoms with van der Waals surface area (Å²) in [5, 5.41) is 0.575. The second-order valence-electron chi connectivity index (χ2n) is 3.94. The molecule has 3 nitrogen and oxygen atoms in total. The van der Waals surface area contributed by atoms with E-state index in [1.807, 2.05) is 6.07 Å². The highest BCUT2D eigenvalue weighted by atomic mass is 19.1. The molecule has 18 heavy (non-hydrogen) atoms. The Morgan fingerprint density at radius 2 is 2.11 bits per heavy atom. The standard InChI is InChI=1S/C14H9FN2O/c15-9-4-5-12-10(7-9)11(8-18)14(17-12)13-3-1-2-6-16-13/h1-8,17H. The van der Waals surface area contributed by atoms with E-state index in [0.29, 0.717) is 22.3 Å². The van der Waals surface area contributed by atoms with Crippen LogP contribution < -0.4 is 0 Å². The first kappa shape index (κ1) is 10.7. The molecule has 0 saturated carbocycles. The smallest absolute Gasteiger partial charge is 0.152 e. The lowest BCUT2D eigenvalue weighted by atomic mass is 10.1. The van der Waals surface area contributed by atoms with Crippen molar-refractivity contribution in [1.29, 1.82) is 0 Å². The third-order valence-corrected chi connectivity index (χ3v) is 2.84. The Morgan fingerprint density at radius 3 is 2.83 bits per heavy atom. The van der Waals surface area contributed by atoms with E-state index in [2.05, 4.69) is 9.97 Å². The Hall–Kier alpha value is -2.49. The SMILES string of the molecule is O=Cc1c(-c2ccccn2)[nH]c2ccc(F)cc12. The summed E-state index contributed by atoms with van der Waals surface area (Å²) < 4.78 is 13.2. The van der Waals surface area contributed by atoms with Crippen molar-refractivity contribution in [2.24, 2.45) is 0 Å². The zero-order chi connectivity index (χ0) is 12.5. The minimum atomic E-state index is -0.364. The molecule has 0 fully saturated rings. The lowest BCUT2D eigenvalue weighted by Crippen LogP contribution is -1.87. The fourth-order valence-electron chi connectivity index (χ4n) is 2.02. The van der Waals surface area contributed by atoms with Gasteiger partial charge in [-0.3, -0.25) is 9.78 Å². The number of benzene rings is 1. The van der Waals surface area contributed by atoms with E-state index >= 15 is 0 Å². The Labute approximate surface area is 102 Å². The lowest BCUT2D eigenvalue weighted by Gasteiger charge is -1.97. The number of hydrogen-bond acceptors (Lipinski definition) is 2. The number of rotatable bonds is 2. The van der Waals surface area contributed by atoms with E-state index < -0.39 is 0 Å². The second kappa shape index (κ2) is 4.07. The van der Waals surface area contributed by atoms with Gasteiger partial charge in [-0.1, -0.05) is 6.07 Å². The van der Waals surface area contributed by atoms with E-state index in [9.17, 15) is 9.18 Å². The van der Waals surface area contributed by atoms with Crippen LogP contribution in [0.4, 0.5) is 4.39 Å². The molecule has 88 valence electrons. The van der Waals surface area contributed by atoms with Gasteiger partial charge >= 0.3 is 0 Å². The molecule has 1 aromatic carbocycles. The highest BCUT2D eigenvalue weighted by Gasteiger charge is 2.13. The highest BCUT2D eigenvalue weighted by molar-refractivity contribution is 6.03. The van der Waals surface area contributed by atoms with Gasteiger partial charge in [0.1, 0.15) is 5.82 Å². The van der Waals surface area contributed by atoms with E-state index in [-0.39, 0.29) is 5.82 Å². The molecule has 0 saturated heterocycles. The Kier molecular flexibility index (Phi) is 2.41. The fourth-order valence-corrected chi connectivity index (χ4v) is 2.02. The second-order valence-corrected chi connectivity index (χ2v) is 3.94. The first-order valence-electron chi connectivity index (χ1n) is 5.47. The van der Waals surface area contributed by atoms with Crippen molar-refractivity contribution in [3.8, 4) is 11.4 Å². The summed E-state index contributed by atoms with van der Waals surface area (Å²) in [5.41, 5.74) is 2.43. The number of nitrogens with one attached hydrogen (secondary N) is 1. The number of carbonyl (C=O) groups is 1. The molecule has 0 aliphatic rings. The van der Waals surface area contributed by atoms with Gasteiger partial charge in [-0.05, 0) is 30.3 Å². The van der Waals surface area contributed by atoms with Crippen molar-refractivity contribution in [2.45, 2.75) is 0 Å². The highest BCUT2D eigenvalue weighted by Crippen LogP contribution is 2.28. The van der Waals surface area contributed by atoms with Crippen LogP contribution in [0.5, 0.6) is 0 Å². The molecular weight excluding hydrogens is 231 g/mol. The molecule has 0 amide bonds. The van der Waals surface area contributed by atoms with E-state index in [1.54, 1.807) is 24.4 Å². The minimum Gasteiger partial charge on any atom is -0.353 e. The van der Waals surface area contributed by atoms with Crippen LogP contribution >= 0.6 is 0 Å². The molecule has 0 aliphatic heterocycles. The van der Waals surface area contributed by atoms with Crippen molar-refractivity contribution in [1.82, 2.24) is 9.97 Å². The number of H-pyrrole nitrogens is 1. The molecule has 1 N–H and O–H groups in total. The van der Waals surface area contributed by atoms with Crippen LogP contribution in [0.25, 0.3) is 22.3 Å². The van der Waals surface area contributed by atoms with Crippen LogP contribution in [0.15, 0.2) is 42.6 Å². The fraction of sp³-hybridized carbons (Fsp3) is 0. The quantitative estimate of drug-likeness (QED) is 0.699. The van der Waals surface area contributed by atoms with Crippen molar-refractivity contribution in [3.63, 3.8) is 0 Å². The van der Waals surface area contributed by atoms with E-state index in [1.165, 1.54) is 12.1 Å². The van der Waals surface area contributed by atoms with Crippen LogP contribution in [0.2, 0.25) is 0 Å². The number of aldehydes is 1. The van der Waals surface area contributed by atoms with Crippen LogP contribution in [0, 0.1) is 5.82 Å².